The summed E-state index contributed by atoms with van der Waals surface area (Å²) in [5.41, 5.74) is 0. The van der Waals surface area contributed by atoms with Crippen LogP contribution in [0.3, 0.4) is 0 Å². The number of ether oxygens (including phenoxy) is 3. The van der Waals surface area contributed by atoms with E-state index in [-0.39, 0.29) is 12.2 Å². The van der Waals surface area contributed by atoms with Gasteiger partial charge in [0.05, 0.1) is 30.9 Å². The Kier molecular flexibility index (Phi) is 5.41. The van der Waals surface area contributed by atoms with E-state index in [1.54, 1.807) is 19.4 Å². The molecule has 0 amide bonds. The lowest BCUT2D eigenvalue weighted by atomic mass is 10.1. The number of nitrogens with one attached hydrogen (secondary N) is 1. The SMILES string of the molecule is COc1ccc(OCCC2CC[C@@H](Cc3ncc[nH]3)O2)c(Cl)c1. The van der Waals surface area contributed by atoms with E-state index in [9.17, 15) is 0 Å². The Hall–Kier alpha value is -1.72. The predicted octanol–water partition coefficient (Wildman–Crippen LogP) is 3.63. The highest BCUT2D eigenvalue weighted by Crippen LogP contribution is 2.29. The third-order valence-electron chi connectivity index (χ3n) is 4.01. The third kappa shape index (κ3) is 4.39. The minimum absolute atomic E-state index is 0.243. The number of aromatic nitrogens is 2. The normalized spacial score (nSPS) is 20.6. The molecule has 1 aromatic carbocycles. The molecular formula is C17H21ClN2O3. The van der Waals surface area contributed by atoms with Gasteiger partial charge in [0.25, 0.3) is 0 Å². The first kappa shape index (κ1) is 16.1. The van der Waals surface area contributed by atoms with Gasteiger partial charge in [-0.1, -0.05) is 11.6 Å². The van der Waals surface area contributed by atoms with Crippen LogP contribution >= 0.6 is 11.6 Å². The second-order valence-electron chi connectivity index (χ2n) is 5.63. The molecule has 1 aliphatic heterocycles. The second kappa shape index (κ2) is 7.70. The Morgan fingerprint density at radius 1 is 1.35 bits per heavy atom. The Balaban J connectivity index is 1.41. The van der Waals surface area contributed by atoms with Crippen LogP contribution in [0.1, 0.15) is 25.1 Å². The topological polar surface area (TPSA) is 56.4 Å². The molecule has 1 N–H and O–H groups in total. The highest BCUT2D eigenvalue weighted by Gasteiger charge is 2.25. The van der Waals surface area contributed by atoms with Gasteiger partial charge in [-0.3, -0.25) is 0 Å². The third-order valence-corrected chi connectivity index (χ3v) is 4.30. The fraction of sp³-hybridized carbons (Fsp3) is 0.471. The van der Waals surface area contributed by atoms with Crippen molar-refractivity contribution in [1.82, 2.24) is 9.97 Å². The van der Waals surface area contributed by atoms with Crippen LogP contribution in [0.5, 0.6) is 11.5 Å². The van der Waals surface area contributed by atoms with E-state index in [1.807, 2.05) is 18.3 Å². The van der Waals surface area contributed by atoms with Gasteiger partial charge in [0.1, 0.15) is 17.3 Å². The quantitative estimate of drug-likeness (QED) is 0.838. The predicted molar refractivity (Wildman–Crippen MR) is 88.3 cm³/mol. The van der Waals surface area contributed by atoms with Crippen LogP contribution in [0.25, 0.3) is 0 Å². The van der Waals surface area contributed by atoms with Gasteiger partial charge >= 0.3 is 0 Å². The first-order valence-electron chi connectivity index (χ1n) is 7.84. The van der Waals surface area contributed by atoms with Crippen LogP contribution in [-0.2, 0) is 11.2 Å². The average Bonchev–Trinajstić information content (AvgIpc) is 3.21. The number of nitrogens with zero attached hydrogens (tertiary/aromatic N) is 1. The molecule has 1 fully saturated rings. The molecule has 5 nitrogen and oxygen atoms in total. The van der Waals surface area contributed by atoms with Crippen LogP contribution in [-0.4, -0.2) is 35.9 Å². The molecule has 2 heterocycles. The molecule has 3 rings (SSSR count). The smallest absolute Gasteiger partial charge is 0.138 e. The Morgan fingerprint density at radius 3 is 2.96 bits per heavy atom. The van der Waals surface area contributed by atoms with Gasteiger partial charge in [-0.05, 0) is 25.0 Å². The van der Waals surface area contributed by atoms with E-state index in [1.165, 1.54) is 0 Å². The monoisotopic (exact) mass is 336 g/mol. The van der Waals surface area contributed by atoms with E-state index in [2.05, 4.69) is 9.97 Å². The van der Waals surface area contributed by atoms with E-state index < -0.39 is 0 Å². The summed E-state index contributed by atoms with van der Waals surface area (Å²) in [7, 11) is 1.61. The van der Waals surface area contributed by atoms with Crippen LogP contribution in [0, 0.1) is 0 Å². The number of imidazole rings is 1. The molecule has 6 heteroatoms. The van der Waals surface area contributed by atoms with Gasteiger partial charge in [0.2, 0.25) is 0 Å². The highest BCUT2D eigenvalue weighted by atomic mass is 35.5. The van der Waals surface area contributed by atoms with E-state index in [0.717, 1.165) is 37.3 Å². The summed E-state index contributed by atoms with van der Waals surface area (Å²) in [6, 6.07) is 5.42. The van der Waals surface area contributed by atoms with Gasteiger partial charge in [-0.2, -0.15) is 0 Å². The number of H-pyrrole nitrogens is 1. The van der Waals surface area contributed by atoms with Crippen molar-refractivity contribution in [2.75, 3.05) is 13.7 Å². The molecular weight excluding hydrogens is 316 g/mol. The van der Waals surface area contributed by atoms with Crippen molar-refractivity contribution >= 4 is 11.6 Å². The second-order valence-corrected chi connectivity index (χ2v) is 6.04. The van der Waals surface area contributed by atoms with Crippen molar-refractivity contribution in [3.63, 3.8) is 0 Å². The maximum Gasteiger partial charge on any atom is 0.138 e. The lowest BCUT2D eigenvalue weighted by molar-refractivity contribution is 0.0327. The molecule has 0 spiro atoms. The summed E-state index contributed by atoms with van der Waals surface area (Å²) in [5.74, 6) is 2.39. The minimum Gasteiger partial charge on any atom is -0.497 e. The Labute approximate surface area is 140 Å². The number of methoxy groups -OCH3 is 1. The zero-order valence-corrected chi connectivity index (χ0v) is 13.9. The molecule has 2 atom stereocenters. The number of hydrogen-bond donors (Lipinski definition) is 1. The molecule has 124 valence electrons. The average molecular weight is 337 g/mol. The summed E-state index contributed by atoms with van der Waals surface area (Å²) in [6.45, 7) is 0.587. The Morgan fingerprint density at radius 2 is 2.22 bits per heavy atom. The van der Waals surface area contributed by atoms with Crippen LogP contribution in [0.4, 0.5) is 0 Å². The molecule has 2 aromatic rings. The fourth-order valence-corrected chi connectivity index (χ4v) is 3.02. The number of halogens is 1. The van der Waals surface area contributed by atoms with Crippen molar-refractivity contribution < 1.29 is 14.2 Å². The van der Waals surface area contributed by atoms with Gasteiger partial charge < -0.3 is 19.2 Å². The summed E-state index contributed by atoms with van der Waals surface area (Å²) in [6.07, 6.45) is 7.93. The summed E-state index contributed by atoms with van der Waals surface area (Å²) >= 11 is 6.16. The highest BCUT2D eigenvalue weighted by molar-refractivity contribution is 6.32. The molecule has 1 saturated heterocycles. The standard InChI is InChI=1S/C17H21ClN2O3/c1-21-13-4-5-16(15(18)10-13)22-9-6-12-2-3-14(23-12)11-17-19-7-8-20-17/h4-5,7-8,10,12,14H,2-3,6,9,11H2,1H3,(H,19,20)/t12?,14-/m0/s1. The van der Waals surface area contributed by atoms with Crippen molar-refractivity contribution in [2.45, 2.75) is 37.9 Å². The van der Waals surface area contributed by atoms with Crippen LogP contribution < -0.4 is 9.47 Å². The fourth-order valence-electron chi connectivity index (χ4n) is 2.79. The van der Waals surface area contributed by atoms with Crippen molar-refractivity contribution in [1.29, 1.82) is 0 Å². The first-order chi connectivity index (χ1) is 11.2. The van der Waals surface area contributed by atoms with E-state index in [4.69, 9.17) is 25.8 Å². The lowest BCUT2D eigenvalue weighted by Crippen LogP contribution is -2.16. The number of hydrogen-bond acceptors (Lipinski definition) is 4. The summed E-state index contributed by atoms with van der Waals surface area (Å²) < 4.78 is 16.9. The molecule has 0 radical (unpaired) electrons. The first-order valence-corrected chi connectivity index (χ1v) is 8.22. The molecule has 1 aliphatic rings. The molecule has 0 bridgehead atoms. The largest absolute Gasteiger partial charge is 0.497 e. The molecule has 1 unspecified atom stereocenters. The zero-order chi connectivity index (χ0) is 16.1. The number of aromatic amines is 1. The van der Waals surface area contributed by atoms with Gasteiger partial charge in [0.15, 0.2) is 0 Å². The maximum absolute atomic E-state index is 6.16. The van der Waals surface area contributed by atoms with Crippen LogP contribution in [0.2, 0.25) is 5.02 Å². The summed E-state index contributed by atoms with van der Waals surface area (Å²) in [5, 5.41) is 0.562. The minimum atomic E-state index is 0.243. The van der Waals surface area contributed by atoms with Crippen molar-refractivity contribution in [2.24, 2.45) is 0 Å². The van der Waals surface area contributed by atoms with Gasteiger partial charge in [-0.15, -0.1) is 0 Å². The van der Waals surface area contributed by atoms with Gasteiger partial charge in [-0.25, -0.2) is 4.98 Å². The van der Waals surface area contributed by atoms with Crippen LogP contribution in [0.15, 0.2) is 30.6 Å². The Bertz CT molecular complexity index is 618. The molecule has 1 aromatic heterocycles. The molecule has 23 heavy (non-hydrogen) atoms. The van der Waals surface area contributed by atoms with Gasteiger partial charge in [0, 0.05) is 31.3 Å². The number of rotatable bonds is 7. The van der Waals surface area contributed by atoms with E-state index >= 15 is 0 Å². The van der Waals surface area contributed by atoms with E-state index in [0.29, 0.717) is 17.4 Å². The molecule has 0 saturated carbocycles. The zero-order valence-electron chi connectivity index (χ0n) is 13.1. The summed E-state index contributed by atoms with van der Waals surface area (Å²) in [4.78, 5) is 7.36. The number of benzene rings is 1. The lowest BCUT2D eigenvalue weighted by Gasteiger charge is -2.14. The maximum atomic E-state index is 6.16. The van der Waals surface area contributed by atoms with Crippen molar-refractivity contribution in [3.8, 4) is 11.5 Å². The molecule has 0 aliphatic carbocycles. The van der Waals surface area contributed by atoms with Crippen molar-refractivity contribution in [3.05, 3.63) is 41.4 Å².